The fourth-order valence-electron chi connectivity index (χ4n) is 1.91. The molecule has 0 bridgehead atoms. The van der Waals surface area contributed by atoms with Gasteiger partial charge in [-0.05, 0) is 12.5 Å². The molecule has 1 atom stereocenters. The van der Waals surface area contributed by atoms with Crippen LogP contribution < -0.4 is 10.4 Å². The Bertz CT molecular complexity index is 625. The highest BCUT2D eigenvalue weighted by Crippen LogP contribution is 2.13. The number of amides is 1. The molecular formula is C15H15N2O3S-. The van der Waals surface area contributed by atoms with Crippen molar-refractivity contribution in [2.24, 2.45) is 0 Å². The molecule has 0 saturated heterocycles. The van der Waals surface area contributed by atoms with E-state index in [4.69, 9.17) is 0 Å². The number of carbonyl (C=O) groups is 2. The van der Waals surface area contributed by atoms with E-state index in [0.29, 0.717) is 10.7 Å². The number of thiazole rings is 1. The zero-order valence-electron chi connectivity index (χ0n) is 11.5. The molecule has 0 fully saturated rings. The molecule has 21 heavy (non-hydrogen) atoms. The molecule has 0 radical (unpaired) electrons. The van der Waals surface area contributed by atoms with E-state index in [-0.39, 0.29) is 24.8 Å². The van der Waals surface area contributed by atoms with Crippen molar-refractivity contribution in [3.63, 3.8) is 0 Å². The summed E-state index contributed by atoms with van der Waals surface area (Å²) in [5.41, 5.74) is 1.46. The van der Waals surface area contributed by atoms with Gasteiger partial charge < -0.3 is 15.2 Å². The van der Waals surface area contributed by atoms with E-state index < -0.39 is 5.97 Å². The van der Waals surface area contributed by atoms with Crippen LogP contribution in [0.2, 0.25) is 0 Å². The molecule has 0 spiro atoms. The Labute approximate surface area is 126 Å². The second kappa shape index (κ2) is 6.99. The Hall–Kier alpha value is -2.21. The first-order valence-electron chi connectivity index (χ1n) is 6.52. The van der Waals surface area contributed by atoms with Gasteiger partial charge in [0.1, 0.15) is 5.01 Å². The SMILES string of the molecule is C[C@@H](NC(=O)Cc1nc(CC(=O)[O-])cs1)c1ccccc1. The maximum absolute atomic E-state index is 12.0. The second-order valence-electron chi connectivity index (χ2n) is 4.66. The number of hydrogen-bond donors (Lipinski definition) is 1. The van der Waals surface area contributed by atoms with Crippen LogP contribution in [0.4, 0.5) is 0 Å². The van der Waals surface area contributed by atoms with Crippen molar-refractivity contribution in [3.05, 3.63) is 52.0 Å². The number of carbonyl (C=O) groups excluding carboxylic acids is 2. The minimum Gasteiger partial charge on any atom is -0.550 e. The van der Waals surface area contributed by atoms with Crippen LogP contribution in [0.5, 0.6) is 0 Å². The van der Waals surface area contributed by atoms with Crippen molar-refractivity contribution in [1.82, 2.24) is 10.3 Å². The quantitative estimate of drug-likeness (QED) is 0.858. The predicted molar refractivity (Wildman–Crippen MR) is 77.5 cm³/mol. The minimum absolute atomic E-state index is 0.0821. The molecule has 0 saturated carbocycles. The molecule has 1 heterocycles. The summed E-state index contributed by atoms with van der Waals surface area (Å²) in [6.07, 6.45) is -0.0760. The lowest BCUT2D eigenvalue weighted by molar-refractivity contribution is -0.304. The van der Waals surface area contributed by atoms with E-state index in [9.17, 15) is 14.7 Å². The lowest BCUT2D eigenvalue weighted by atomic mass is 10.1. The third kappa shape index (κ3) is 4.68. The average molecular weight is 303 g/mol. The Kier molecular flexibility index (Phi) is 5.05. The van der Waals surface area contributed by atoms with E-state index in [1.54, 1.807) is 5.38 Å². The summed E-state index contributed by atoms with van der Waals surface area (Å²) in [4.78, 5) is 26.5. The molecule has 2 rings (SSSR count). The Balaban J connectivity index is 1.89. The summed E-state index contributed by atoms with van der Waals surface area (Å²) in [6, 6.07) is 9.59. The van der Waals surface area contributed by atoms with E-state index in [1.807, 2.05) is 37.3 Å². The van der Waals surface area contributed by atoms with Gasteiger partial charge in [0, 0.05) is 17.8 Å². The van der Waals surface area contributed by atoms with Gasteiger partial charge in [0.2, 0.25) is 5.91 Å². The third-order valence-corrected chi connectivity index (χ3v) is 3.81. The van der Waals surface area contributed by atoms with Crippen LogP contribution in [0.15, 0.2) is 35.7 Å². The Morgan fingerprint density at radius 2 is 2.00 bits per heavy atom. The van der Waals surface area contributed by atoms with Gasteiger partial charge in [-0.1, -0.05) is 30.3 Å². The molecule has 5 nitrogen and oxygen atoms in total. The molecule has 1 aromatic carbocycles. The smallest absolute Gasteiger partial charge is 0.227 e. The predicted octanol–water partition coefficient (Wildman–Crippen LogP) is 0.855. The molecule has 1 amide bonds. The molecular weight excluding hydrogens is 288 g/mol. The molecule has 0 aliphatic rings. The molecule has 1 aromatic heterocycles. The van der Waals surface area contributed by atoms with Crippen LogP contribution >= 0.6 is 11.3 Å². The Morgan fingerprint density at radius 1 is 1.29 bits per heavy atom. The summed E-state index contributed by atoms with van der Waals surface area (Å²) < 4.78 is 0. The number of carboxylic acids is 1. The number of hydrogen-bond acceptors (Lipinski definition) is 5. The summed E-state index contributed by atoms with van der Waals surface area (Å²) in [5.74, 6) is -1.31. The van der Waals surface area contributed by atoms with Crippen LogP contribution in [0.3, 0.4) is 0 Å². The van der Waals surface area contributed by atoms with Crippen LogP contribution in [-0.2, 0) is 22.4 Å². The van der Waals surface area contributed by atoms with Crippen molar-refractivity contribution in [3.8, 4) is 0 Å². The molecule has 2 aromatic rings. The van der Waals surface area contributed by atoms with E-state index in [0.717, 1.165) is 5.56 Å². The van der Waals surface area contributed by atoms with Gasteiger partial charge in [0.25, 0.3) is 0 Å². The number of nitrogens with zero attached hydrogens (tertiary/aromatic N) is 1. The topological polar surface area (TPSA) is 82.1 Å². The van der Waals surface area contributed by atoms with Crippen molar-refractivity contribution < 1.29 is 14.7 Å². The van der Waals surface area contributed by atoms with Gasteiger partial charge in [-0.25, -0.2) is 4.98 Å². The van der Waals surface area contributed by atoms with E-state index in [2.05, 4.69) is 10.3 Å². The molecule has 1 N–H and O–H groups in total. The van der Waals surface area contributed by atoms with Crippen LogP contribution in [-0.4, -0.2) is 16.9 Å². The maximum Gasteiger partial charge on any atom is 0.227 e. The molecule has 0 unspecified atom stereocenters. The van der Waals surface area contributed by atoms with Gasteiger partial charge in [-0.15, -0.1) is 11.3 Å². The lowest BCUT2D eigenvalue weighted by Gasteiger charge is -2.13. The van der Waals surface area contributed by atoms with Gasteiger partial charge in [-0.2, -0.15) is 0 Å². The van der Waals surface area contributed by atoms with E-state index in [1.165, 1.54) is 11.3 Å². The molecule has 6 heteroatoms. The second-order valence-corrected chi connectivity index (χ2v) is 5.60. The largest absolute Gasteiger partial charge is 0.550 e. The normalized spacial score (nSPS) is 11.9. The van der Waals surface area contributed by atoms with Crippen LogP contribution in [0.1, 0.15) is 29.2 Å². The monoisotopic (exact) mass is 303 g/mol. The highest BCUT2D eigenvalue weighted by atomic mass is 32.1. The molecule has 0 aliphatic heterocycles. The summed E-state index contributed by atoms with van der Waals surface area (Å²) in [6.45, 7) is 1.91. The highest BCUT2D eigenvalue weighted by Gasteiger charge is 2.12. The first-order valence-corrected chi connectivity index (χ1v) is 7.40. The minimum atomic E-state index is -1.17. The van der Waals surface area contributed by atoms with Crippen molar-refractivity contribution in [2.75, 3.05) is 0 Å². The Morgan fingerprint density at radius 3 is 2.67 bits per heavy atom. The number of benzene rings is 1. The van der Waals surface area contributed by atoms with Crippen molar-refractivity contribution in [2.45, 2.75) is 25.8 Å². The molecule has 110 valence electrons. The number of carboxylic acid groups (broad SMARTS) is 1. The number of aromatic nitrogens is 1. The summed E-state index contributed by atoms with van der Waals surface area (Å²) in [5, 5.41) is 15.6. The summed E-state index contributed by atoms with van der Waals surface area (Å²) in [7, 11) is 0. The van der Waals surface area contributed by atoms with Crippen molar-refractivity contribution >= 4 is 23.2 Å². The van der Waals surface area contributed by atoms with Crippen molar-refractivity contribution in [1.29, 1.82) is 0 Å². The lowest BCUT2D eigenvalue weighted by Crippen LogP contribution is -2.28. The van der Waals surface area contributed by atoms with Gasteiger partial charge in [0.05, 0.1) is 18.2 Å². The highest BCUT2D eigenvalue weighted by molar-refractivity contribution is 7.09. The fraction of sp³-hybridized carbons (Fsp3) is 0.267. The van der Waals surface area contributed by atoms with Gasteiger partial charge >= 0.3 is 0 Å². The number of nitrogens with one attached hydrogen (secondary N) is 1. The number of rotatable bonds is 6. The molecule has 0 aliphatic carbocycles. The fourth-order valence-corrected chi connectivity index (χ4v) is 2.71. The first kappa shape index (κ1) is 15.2. The van der Waals surface area contributed by atoms with Gasteiger partial charge in [0.15, 0.2) is 0 Å². The number of aliphatic carboxylic acids is 1. The zero-order chi connectivity index (χ0) is 15.2. The van der Waals surface area contributed by atoms with E-state index >= 15 is 0 Å². The zero-order valence-corrected chi connectivity index (χ0v) is 12.4. The first-order chi connectivity index (χ1) is 10.0. The van der Waals surface area contributed by atoms with Crippen LogP contribution in [0, 0.1) is 0 Å². The third-order valence-electron chi connectivity index (χ3n) is 2.91. The summed E-state index contributed by atoms with van der Waals surface area (Å²) >= 11 is 1.28. The standard InChI is InChI=1S/C15H16N2O3S/c1-10(11-5-3-2-4-6-11)16-13(18)8-14-17-12(9-21-14)7-15(19)20/h2-6,9-10H,7-8H2,1H3,(H,16,18)(H,19,20)/p-1/t10-/m1/s1. The maximum atomic E-state index is 12.0. The average Bonchev–Trinajstić information content (AvgIpc) is 2.85. The van der Waals surface area contributed by atoms with Crippen LogP contribution in [0.25, 0.3) is 0 Å². The van der Waals surface area contributed by atoms with Gasteiger partial charge in [-0.3, -0.25) is 4.79 Å².